The van der Waals surface area contributed by atoms with Crippen molar-refractivity contribution in [1.29, 1.82) is 0 Å². The Kier molecular flexibility index (Phi) is 5.15. The summed E-state index contributed by atoms with van der Waals surface area (Å²) in [6.45, 7) is 0. The van der Waals surface area contributed by atoms with Gasteiger partial charge in [-0.3, -0.25) is 4.72 Å². The molecule has 0 radical (unpaired) electrons. The van der Waals surface area contributed by atoms with Gasteiger partial charge in [0.2, 0.25) is 0 Å². The summed E-state index contributed by atoms with van der Waals surface area (Å²) in [5.74, 6) is -1.06. The third-order valence-corrected chi connectivity index (χ3v) is 5.97. The van der Waals surface area contributed by atoms with Crippen molar-refractivity contribution in [2.24, 2.45) is 0 Å². The second-order valence-corrected chi connectivity index (χ2v) is 7.61. The molecule has 0 aromatic heterocycles. The molecule has 0 amide bonds. The largest absolute Gasteiger partial charge is 0.478 e. The molecule has 0 unspecified atom stereocenters. The molecule has 2 N–H and O–H groups in total. The average Bonchev–Trinajstić information content (AvgIpc) is 2.47. The first-order valence-corrected chi connectivity index (χ1v) is 9.54. The molecule has 2 rings (SSSR count). The summed E-state index contributed by atoms with van der Waals surface area (Å²) in [7, 11) is -3.77. The highest BCUT2D eigenvalue weighted by Gasteiger charge is 2.19. The van der Waals surface area contributed by atoms with E-state index in [0.29, 0.717) is 15.1 Å². The fourth-order valence-electron chi connectivity index (χ4n) is 1.77. The molecule has 0 heterocycles. The van der Waals surface area contributed by atoms with E-state index in [2.05, 4.69) is 20.7 Å². The van der Waals surface area contributed by atoms with Crippen LogP contribution in [0.15, 0.2) is 56.7 Å². The van der Waals surface area contributed by atoms with Crippen LogP contribution in [-0.4, -0.2) is 25.7 Å². The van der Waals surface area contributed by atoms with Crippen molar-refractivity contribution in [1.82, 2.24) is 0 Å². The summed E-state index contributed by atoms with van der Waals surface area (Å²) >= 11 is 4.47. The number of aromatic carboxylic acids is 1. The molecule has 0 spiro atoms. The number of hydrogen-bond acceptors (Lipinski definition) is 4. The molecule has 2 aromatic carbocycles. The zero-order chi connectivity index (χ0) is 16.3. The minimum absolute atomic E-state index is 0.105. The van der Waals surface area contributed by atoms with Crippen LogP contribution >= 0.6 is 27.7 Å². The van der Waals surface area contributed by atoms with Crippen LogP contribution in [-0.2, 0) is 10.0 Å². The molecule has 22 heavy (non-hydrogen) atoms. The van der Waals surface area contributed by atoms with Crippen LogP contribution < -0.4 is 4.72 Å². The van der Waals surface area contributed by atoms with E-state index in [1.54, 1.807) is 24.5 Å². The third kappa shape index (κ3) is 3.63. The Bertz CT molecular complexity index is 821. The molecule has 0 fully saturated rings. The van der Waals surface area contributed by atoms with Gasteiger partial charge in [0.15, 0.2) is 0 Å². The van der Waals surface area contributed by atoms with Gasteiger partial charge in [0.05, 0.1) is 11.3 Å². The van der Waals surface area contributed by atoms with E-state index >= 15 is 0 Å². The van der Waals surface area contributed by atoms with E-state index in [4.69, 9.17) is 5.11 Å². The SMILES string of the molecule is CSc1cc(C(=O)O)ccc1NS(=O)(=O)c1ccccc1Br. The van der Waals surface area contributed by atoms with E-state index in [-0.39, 0.29) is 10.5 Å². The van der Waals surface area contributed by atoms with Gasteiger partial charge in [-0.2, -0.15) is 0 Å². The molecule has 0 aliphatic rings. The minimum Gasteiger partial charge on any atom is -0.478 e. The van der Waals surface area contributed by atoms with Crippen molar-refractivity contribution >= 4 is 49.4 Å². The number of sulfonamides is 1. The highest BCUT2D eigenvalue weighted by atomic mass is 79.9. The van der Waals surface area contributed by atoms with Crippen LogP contribution in [0, 0.1) is 0 Å². The van der Waals surface area contributed by atoms with E-state index in [0.717, 1.165) is 0 Å². The Morgan fingerprint density at radius 2 is 1.91 bits per heavy atom. The molecule has 5 nitrogen and oxygen atoms in total. The van der Waals surface area contributed by atoms with Crippen LogP contribution in [0.25, 0.3) is 0 Å². The van der Waals surface area contributed by atoms with Crippen molar-refractivity contribution in [3.63, 3.8) is 0 Å². The quantitative estimate of drug-likeness (QED) is 0.746. The van der Waals surface area contributed by atoms with Gasteiger partial charge >= 0.3 is 5.97 Å². The van der Waals surface area contributed by atoms with Gasteiger partial charge in [-0.15, -0.1) is 11.8 Å². The van der Waals surface area contributed by atoms with Gasteiger partial charge in [-0.05, 0) is 52.5 Å². The normalized spacial score (nSPS) is 11.2. The summed E-state index contributed by atoms with van der Waals surface area (Å²) in [4.78, 5) is 11.6. The lowest BCUT2D eigenvalue weighted by Crippen LogP contribution is -2.14. The van der Waals surface area contributed by atoms with Crippen molar-refractivity contribution < 1.29 is 18.3 Å². The molecule has 0 saturated heterocycles. The lowest BCUT2D eigenvalue weighted by molar-refractivity contribution is 0.0696. The number of thioether (sulfide) groups is 1. The van der Waals surface area contributed by atoms with Gasteiger partial charge < -0.3 is 5.11 Å². The summed E-state index contributed by atoms with van der Waals surface area (Å²) in [6.07, 6.45) is 1.75. The van der Waals surface area contributed by atoms with Crippen molar-refractivity contribution in [3.05, 3.63) is 52.5 Å². The molecule has 0 aliphatic heterocycles. The lowest BCUT2D eigenvalue weighted by Gasteiger charge is -2.13. The molecular formula is C14H12BrNO4S2. The number of carboxylic acid groups (broad SMARTS) is 1. The van der Waals surface area contributed by atoms with Crippen molar-refractivity contribution in [3.8, 4) is 0 Å². The number of benzene rings is 2. The van der Waals surface area contributed by atoms with E-state index in [1.807, 2.05) is 0 Å². The molecular weight excluding hydrogens is 390 g/mol. The fourth-order valence-corrected chi connectivity index (χ4v) is 4.50. The maximum absolute atomic E-state index is 12.4. The van der Waals surface area contributed by atoms with Crippen LogP contribution in [0.4, 0.5) is 5.69 Å². The van der Waals surface area contributed by atoms with Gasteiger partial charge in [-0.25, -0.2) is 13.2 Å². The highest BCUT2D eigenvalue weighted by Crippen LogP contribution is 2.30. The van der Waals surface area contributed by atoms with Gasteiger partial charge in [0.1, 0.15) is 4.90 Å². The number of nitrogens with one attached hydrogen (secondary N) is 1. The Labute approximate surface area is 140 Å². The minimum atomic E-state index is -3.77. The first-order chi connectivity index (χ1) is 10.3. The summed E-state index contributed by atoms with van der Waals surface area (Å²) in [5, 5.41) is 8.99. The van der Waals surface area contributed by atoms with E-state index in [1.165, 1.54) is 36.0 Å². The van der Waals surface area contributed by atoms with Crippen molar-refractivity contribution in [2.45, 2.75) is 9.79 Å². The zero-order valence-corrected chi connectivity index (χ0v) is 14.6. The second kappa shape index (κ2) is 6.72. The zero-order valence-electron chi connectivity index (χ0n) is 11.4. The molecule has 8 heteroatoms. The Balaban J connectivity index is 2.42. The van der Waals surface area contributed by atoms with Gasteiger partial charge in [-0.1, -0.05) is 12.1 Å². The van der Waals surface area contributed by atoms with Crippen molar-refractivity contribution in [2.75, 3.05) is 11.0 Å². The predicted molar refractivity (Wildman–Crippen MR) is 90.1 cm³/mol. The number of carboxylic acids is 1. The van der Waals surface area contributed by atoms with Crippen LogP contribution in [0.1, 0.15) is 10.4 Å². The third-order valence-electron chi connectivity index (χ3n) is 2.82. The van der Waals surface area contributed by atoms with Crippen LogP contribution in [0.3, 0.4) is 0 Å². The monoisotopic (exact) mass is 401 g/mol. The predicted octanol–water partition coefficient (Wildman–Crippen LogP) is 3.67. The average molecular weight is 402 g/mol. The molecule has 0 atom stereocenters. The molecule has 2 aromatic rings. The maximum atomic E-state index is 12.4. The topological polar surface area (TPSA) is 83.5 Å². The Morgan fingerprint density at radius 1 is 1.23 bits per heavy atom. The number of carbonyl (C=O) groups is 1. The highest BCUT2D eigenvalue weighted by molar-refractivity contribution is 9.10. The summed E-state index contributed by atoms with van der Waals surface area (Å²) in [5.41, 5.74) is 0.446. The molecule has 0 aliphatic carbocycles. The standard InChI is InChI=1S/C14H12BrNO4S2/c1-21-12-8-9(14(17)18)6-7-11(12)16-22(19,20)13-5-3-2-4-10(13)15/h2-8,16H,1H3,(H,17,18). The summed E-state index contributed by atoms with van der Waals surface area (Å²) < 4.78 is 27.8. The molecule has 0 bridgehead atoms. The molecule has 116 valence electrons. The smallest absolute Gasteiger partial charge is 0.335 e. The summed E-state index contributed by atoms with van der Waals surface area (Å²) in [6, 6.07) is 10.7. The maximum Gasteiger partial charge on any atom is 0.335 e. The van der Waals surface area contributed by atoms with Crippen LogP contribution in [0.2, 0.25) is 0 Å². The Hall–Kier alpha value is -1.51. The molecule has 0 saturated carbocycles. The Morgan fingerprint density at radius 3 is 2.50 bits per heavy atom. The number of hydrogen-bond donors (Lipinski definition) is 2. The van der Waals surface area contributed by atoms with Gasteiger partial charge in [0, 0.05) is 9.37 Å². The number of rotatable bonds is 5. The number of anilines is 1. The van der Waals surface area contributed by atoms with Crippen LogP contribution in [0.5, 0.6) is 0 Å². The van der Waals surface area contributed by atoms with E-state index < -0.39 is 16.0 Å². The second-order valence-electron chi connectivity index (χ2n) is 4.26. The first kappa shape index (κ1) is 16.9. The lowest BCUT2D eigenvalue weighted by atomic mass is 10.2. The fraction of sp³-hybridized carbons (Fsp3) is 0.0714. The van der Waals surface area contributed by atoms with Gasteiger partial charge in [0.25, 0.3) is 10.0 Å². The number of halogens is 1. The van der Waals surface area contributed by atoms with E-state index in [9.17, 15) is 13.2 Å². The first-order valence-electron chi connectivity index (χ1n) is 6.04.